The van der Waals surface area contributed by atoms with Crippen LogP contribution in [0.15, 0.2) is 24.3 Å². The van der Waals surface area contributed by atoms with Crippen molar-refractivity contribution >= 4 is 0 Å². The summed E-state index contributed by atoms with van der Waals surface area (Å²) < 4.78 is 1.97. The normalized spacial score (nSPS) is 18.2. The monoisotopic (exact) mass is 283 g/mol. The minimum Gasteiger partial charge on any atom is -0.328 e. The summed E-state index contributed by atoms with van der Waals surface area (Å²) in [7, 11) is 2.01. The molecule has 0 bridgehead atoms. The Morgan fingerprint density at radius 3 is 2.76 bits per heavy atom. The van der Waals surface area contributed by atoms with Crippen LogP contribution < -0.4 is 5.73 Å². The van der Waals surface area contributed by atoms with Crippen molar-refractivity contribution in [3.63, 3.8) is 0 Å². The van der Waals surface area contributed by atoms with Crippen LogP contribution in [-0.4, -0.2) is 15.8 Å². The highest BCUT2D eigenvalue weighted by atomic mass is 15.3. The fourth-order valence-corrected chi connectivity index (χ4v) is 3.57. The highest BCUT2D eigenvalue weighted by molar-refractivity contribution is 5.39. The third kappa shape index (κ3) is 2.75. The Morgan fingerprint density at radius 1 is 1.33 bits per heavy atom. The van der Waals surface area contributed by atoms with E-state index in [9.17, 15) is 0 Å². The summed E-state index contributed by atoms with van der Waals surface area (Å²) in [4.78, 5) is 0. The fourth-order valence-electron chi connectivity index (χ4n) is 3.57. The van der Waals surface area contributed by atoms with Crippen LogP contribution in [-0.2, 0) is 19.9 Å². The predicted molar refractivity (Wildman–Crippen MR) is 86.5 cm³/mol. The van der Waals surface area contributed by atoms with Crippen molar-refractivity contribution in [2.75, 3.05) is 0 Å². The van der Waals surface area contributed by atoms with E-state index >= 15 is 0 Å². The lowest BCUT2D eigenvalue weighted by Gasteiger charge is -2.32. The molecule has 2 atom stereocenters. The van der Waals surface area contributed by atoms with Crippen molar-refractivity contribution in [3.05, 3.63) is 52.3 Å². The maximum atomic E-state index is 6.37. The minimum atomic E-state index is 0.280. The van der Waals surface area contributed by atoms with E-state index in [1.165, 1.54) is 28.8 Å². The topological polar surface area (TPSA) is 43.8 Å². The molecular formula is C18H25N3. The molecule has 1 heterocycles. The van der Waals surface area contributed by atoms with Crippen LogP contribution in [0.25, 0.3) is 0 Å². The summed E-state index contributed by atoms with van der Waals surface area (Å²) in [5.74, 6) is 0.673. The van der Waals surface area contributed by atoms with Crippen molar-refractivity contribution in [3.8, 4) is 0 Å². The molecule has 2 N–H and O–H groups in total. The number of hydrogen-bond donors (Lipinski definition) is 1. The Balaban J connectivity index is 1.55. The molecule has 0 saturated carbocycles. The molecule has 112 valence electrons. The third-order valence-electron chi connectivity index (χ3n) is 4.97. The van der Waals surface area contributed by atoms with Gasteiger partial charge in [-0.1, -0.05) is 24.3 Å². The molecule has 2 aromatic rings. The largest absolute Gasteiger partial charge is 0.328 e. The first kappa shape index (κ1) is 14.3. The lowest BCUT2D eigenvalue weighted by Crippen LogP contribution is -2.28. The minimum absolute atomic E-state index is 0.280. The summed E-state index contributed by atoms with van der Waals surface area (Å²) in [6, 6.07) is 9.04. The lowest BCUT2D eigenvalue weighted by molar-refractivity contribution is 0.467. The van der Waals surface area contributed by atoms with Crippen LogP contribution in [0.3, 0.4) is 0 Å². The van der Waals surface area contributed by atoms with Crippen LogP contribution in [0.4, 0.5) is 0 Å². The molecule has 3 nitrogen and oxygen atoms in total. The standard InChI is InChI=1S/C18H25N3/c1-12-17(13(2)21(3)20-12)9-8-16(19)11-15-10-14-6-4-5-7-18(14)15/h4-7,15-16H,8-11,19H2,1-3H3. The van der Waals surface area contributed by atoms with Crippen molar-refractivity contribution < 1.29 is 0 Å². The average molecular weight is 283 g/mol. The molecule has 0 amide bonds. The number of aromatic nitrogens is 2. The fraction of sp³-hybridized carbons (Fsp3) is 0.500. The Morgan fingerprint density at radius 2 is 2.10 bits per heavy atom. The number of nitrogens with zero attached hydrogens (tertiary/aromatic N) is 2. The number of hydrogen-bond acceptors (Lipinski definition) is 2. The van der Waals surface area contributed by atoms with E-state index in [2.05, 4.69) is 43.2 Å². The highest BCUT2D eigenvalue weighted by Crippen LogP contribution is 2.38. The van der Waals surface area contributed by atoms with Gasteiger partial charge in [0.05, 0.1) is 5.69 Å². The van der Waals surface area contributed by atoms with Crippen LogP contribution in [0.5, 0.6) is 0 Å². The molecule has 0 fully saturated rings. The number of benzene rings is 1. The Labute approximate surface area is 127 Å². The number of fused-ring (bicyclic) bond motifs is 1. The van der Waals surface area contributed by atoms with Gasteiger partial charge in [-0.15, -0.1) is 0 Å². The zero-order valence-corrected chi connectivity index (χ0v) is 13.3. The average Bonchev–Trinajstić information content (AvgIpc) is 2.68. The summed E-state index contributed by atoms with van der Waals surface area (Å²) in [6.07, 6.45) is 4.40. The highest BCUT2D eigenvalue weighted by Gasteiger charge is 2.26. The quantitative estimate of drug-likeness (QED) is 0.916. The summed E-state index contributed by atoms with van der Waals surface area (Å²) in [6.45, 7) is 4.24. The summed E-state index contributed by atoms with van der Waals surface area (Å²) >= 11 is 0. The zero-order valence-electron chi connectivity index (χ0n) is 13.3. The lowest BCUT2D eigenvalue weighted by atomic mass is 9.74. The van der Waals surface area contributed by atoms with Gasteiger partial charge in [-0.05, 0) is 62.1 Å². The van der Waals surface area contributed by atoms with E-state index < -0.39 is 0 Å². The second-order valence-corrected chi connectivity index (χ2v) is 6.41. The molecular weight excluding hydrogens is 258 g/mol. The van der Waals surface area contributed by atoms with Crippen LogP contribution in [0.1, 0.15) is 46.8 Å². The first-order valence-electron chi connectivity index (χ1n) is 7.88. The van der Waals surface area contributed by atoms with E-state index in [0.29, 0.717) is 5.92 Å². The van der Waals surface area contributed by atoms with Gasteiger partial charge in [-0.25, -0.2) is 0 Å². The number of rotatable bonds is 5. The molecule has 0 saturated heterocycles. The third-order valence-corrected chi connectivity index (χ3v) is 4.97. The van der Waals surface area contributed by atoms with E-state index in [1.807, 2.05) is 11.7 Å². The van der Waals surface area contributed by atoms with Gasteiger partial charge in [-0.3, -0.25) is 4.68 Å². The summed E-state index contributed by atoms with van der Waals surface area (Å²) in [5.41, 5.74) is 13.2. The first-order chi connectivity index (χ1) is 10.1. The second-order valence-electron chi connectivity index (χ2n) is 6.41. The van der Waals surface area contributed by atoms with Gasteiger partial charge in [0.1, 0.15) is 0 Å². The van der Waals surface area contributed by atoms with Crippen molar-refractivity contribution in [1.29, 1.82) is 0 Å². The summed E-state index contributed by atoms with van der Waals surface area (Å²) in [5, 5.41) is 4.48. The molecule has 2 unspecified atom stereocenters. The Hall–Kier alpha value is -1.61. The maximum absolute atomic E-state index is 6.37. The molecule has 1 aromatic carbocycles. The van der Waals surface area contributed by atoms with Gasteiger partial charge in [0.15, 0.2) is 0 Å². The molecule has 0 aliphatic heterocycles. The molecule has 1 aromatic heterocycles. The molecule has 3 heteroatoms. The van der Waals surface area contributed by atoms with Crippen molar-refractivity contribution in [2.24, 2.45) is 12.8 Å². The van der Waals surface area contributed by atoms with Gasteiger partial charge in [0.25, 0.3) is 0 Å². The number of aryl methyl sites for hydroxylation is 2. The van der Waals surface area contributed by atoms with E-state index in [0.717, 1.165) is 25.0 Å². The molecule has 1 aliphatic carbocycles. The maximum Gasteiger partial charge on any atom is 0.0628 e. The molecule has 0 radical (unpaired) electrons. The van der Waals surface area contributed by atoms with Gasteiger partial charge in [-0.2, -0.15) is 5.10 Å². The van der Waals surface area contributed by atoms with Crippen LogP contribution in [0.2, 0.25) is 0 Å². The SMILES string of the molecule is Cc1nn(C)c(C)c1CCC(N)CC1Cc2ccccc21. The van der Waals surface area contributed by atoms with E-state index in [-0.39, 0.29) is 6.04 Å². The van der Waals surface area contributed by atoms with Gasteiger partial charge >= 0.3 is 0 Å². The second kappa shape index (κ2) is 5.64. The zero-order chi connectivity index (χ0) is 15.0. The number of nitrogens with two attached hydrogens (primary N) is 1. The predicted octanol–water partition coefficient (Wildman–Crippen LogP) is 3.03. The Bertz CT molecular complexity index is 642. The van der Waals surface area contributed by atoms with Crippen LogP contribution >= 0.6 is 0 Å². The smallest absolute Gasteiger partial charge is 0.0628 e. The van der Waals surface area contributed by atoms with E-state index in [4.69, 9.17) is 5.73 Å². The molecule has 3 rings (SSSR count). The van der Waals surface area contributed by atoms with Crippen LogP contribution in [0, 0.1) is 13.8 Å². The van der Waals surface area contributed by atoms with Gasteiger partial charge < -0.3 is 5.73 Å². The first-order valence-corrected chi connectivity index (χ1v) is 7.88. The van der Waals surface area contributed by atoms with Gasteiger partial charge in [0.2, 0.25) is 0 Å². The molecule has 1 aliphatic rings. The van der Waals surface area contributed by atoms with E-state index in [1.54, 1.807) is 0 Å². The molecule has 21 heavy (non-hydrogen) atoms. The van der Waals surface area contributed by atoms with Crippen molar-refractivity contribution in [2.45, 2.75) is 51.5 Å². The van der Waals surface area contributed by atoms with Crippen molar-refractivity contribution in [1.82, 2.24) is 9.78 Å². The molecule has 0 spiro atoms. The van der Waals surface area contributed by atoms with Gasteiger partial charge in [0, 0.05) is 18.8 Å². The Kier molecular flexibility index (Phi) is 3.85.